The van der Waals surface area contributed by atoms with E-state index in [-0.39, 0.29) is 29.3 Å². The van der Waals surface area contributed by atoms with Gasteiger partial charge in [0.1, 0.15) is 0 Å². The van der Waals surface area contributed by atoms with Crippen molar-refractivity contribution in [2.45, 2.75) is 83.6 Å². The van der Waals surface area contributed by atoms with Gasteiger partial charge in [-0.25, -0.2) is 0 Å². The third-order valence-corrected chi connectivity index (χ3v) is 9.74. The van der Waals surface area contributed by atoms with Crippen LogP contribution in [-0.4, -0.2) is 87.2 Å². The standard InChI is InChI=1S/C35H51N3O6/c1-28-9-11-29(12-10-28)38(34(41)31-8-7-27-44-31)30-13-21-36(22-14-30)25-19-35(17-5-4-6-18-35)20-26-37(23-15-32(39)42-2)24-16-33(40)43-3/h7-12,27,30H,4-6,13-26H2,1-3H3. The van der Waals surface area contributed by atoms with Crippen LogP contribution >= 0.6 is 0 Å². The summed E-state index contributed by atoms with van der Waals surface area (Å²) in [5, 5.41) is 0. The molecule has 0 spiro atoms. The van der Waals surface area contributed by atoms with Crippen molar-refractivity contribution in [3.05, 3.63) is 54.0 Å². The molecule has 0 bridgehead atoms. The monoisotopic (exact) mass is 609 g/mol. The smallest absolute Gasteiger partial charge is 0.306 e. The first kappa shape index (κ1) is 33.7. The molecule has 0 radical (unpaired) electrons. The highest BCUT2D eigenvalue weighted by Crippen LogP contribution is 2.43. The van der Waals surface area contributed by atoms with E-state index in [9.17, 15) is 14.4 Å². The van der Waals surface area contributed by atoms with E-state index in [2.05, 4.69) is 28.9 Å². The van der Waals surface area contributed by atoms with Crippen LogP contribution in [-0.2, 0) is 19.1 Å². The van der Waals surface area contributed by atoms with E-state index in [1.54, 1.807) is 18.4 Å². The zero-order valence-electron chi connectivity index (χ0n) is 26.9. The van der Waals surface area contributed by atoms with E-state index in [0.29, 0.717) is 31.7 Å². The number of hydrogen-bond donors (Lipinski definition) is 0. The van der Waals surface area contributed by atoms with Crippen LogP contribution < -0.4 is 4.90 Å². The Morgan fingerprint density at radius 3 is 2.09 bits per heavy atom. The van der Waals surface area contributed by atoms with Crippen molar-refractivity contribution in [2.24, 2.45) is 5.41 Å². The number of piperidine rings is 1. The molecule has 2 fully saturated rings. The minimum absolute atomic E-state index is 0.0811. The lowest BCUT2D eigenvalue weighted by atomic mass is 9.69. The van der Waals surface area contributed by atoms with Gasteiger partial charge in [-0.05, 0) is 88.2 Å². The molecule has 1 aliphatic heterocycles. The summed E-state index contributed by atoms with van der Waals surface area (Å²) in [5.41, 5.74) is 2.36. The molecule has 1 aliphatic carbocycles. The number of likely N-dealkylation sites (tertiary alicyclic amines) is 1. The first-order chi connectivity index (χ1) is 21.3. The van der Waals surface area contributed by atoms with Gasteiger partial charge in [-0.2, -0.15) is 0 Å². The van der Waals surface area contributed by atoms with Crippen LogP contribution in [0.3, 0.4) is 0 Å². The molecule has 2 heterocycles. The lowest BCUT2D eigenvalue weighted by molar-refractivity contribution is -0.141. The lowest BCUT2D eigenvalue weighted by Crippen LogP contribution is -2.48. The topological polar surface area (TPSA) is 92.5 Å². The van der Waals surface area contributed by atoms with Gasteiger partial charge in [0.25, 0.3) is 5.91 Å². The lowest BCUT2D eigenvalue weighted by Gasteiger charge is -2.42. The molecule has 2 aromatic rings. The fourth-order valence-corrected chi connectivity index (χ4v) is 6.88. The van der Waals surface area contributed by atoms with Crippen LogP contribution in [0.5, 0.6) is 0 Å². The number of anilines is 1. The number of ether oxygens (including phenoxy) is 2. The molecule has 1 aromatic carbocycles. The van der Waals surface area contributed by atoms with Gasteiger partial charge < -0.3 is 28.6 Å². The molecule has 1 amide bonds. The number of esters is 2. The summed E-state index contributed by atoms with van der Waals surface area (Å²) in [6.45, 7) is 7.05. The van der Waals surface area contributed by atoms with Crippen molar-refractivity contribution in [1.29, 1.82) is 0 Å². The number of methoxy groups -OCH3 is 2. The number of benzene rings is 1. The summed E-state index contributed by atoms with van der Waals surface area (Å²) in [6, 6.07) is 11.8. The molecule has 2 aliphatic rings. The first-order valence-corrected chi connectivity index (χ1v) is 16.3. The average Bonchev–Trinajstić information content (AvgIpc) is 3.60. The van der Waals surface area contributed by atoms with Crippen LogP contribution in [0, 0.1) is 12.3 Å². The van der Waals surface area contributed by atoms with Crippen LogP contribution in [0.4, 0.5) is 5.69 Å². The SMILES string of the molecule is COC(=O)CCN(CCC(=O)OC)CCC1(CCN2CCC(N(C(=O)c3ccco3)c3ccc(C)cc3)CC2)CCCCC1. The highest BCUT2D eigenvalue weighted by atomic mass is 16.5. The molecule has 1 saturated carbocycles. The van der Waals surface area contributed by atoms with Gasteiger partial charge in [-0.15, -0.1) is 0 Å². The van der Waals surface area contributed by atoms with Gasteiger partial charge in [0, 0.05) is 37.9 Å². The molecule has 44 heavy (non-hydrogen) atoms. The Hall–Kier alpha value is -3.17. The van der Waals surface area contributed by atoms with E-state index in [1.165, 1.54) is 51.9 Å². The molecule has 0 unspecified atom stereocenters. The summed E-state index contributed by atoms with van der Waals surface area (Å²) in [7, 11) is 2.83. The van der Waals surface area contributed by atoms with Crippen LogP contribution in [0.1, 0.15) is 86.7 Å². The van der Waals surface area contributed by atoms with E-state index >= 15 is 0 Å². The summed E-state index contributed by atoms with van der Waals surface area (Å²) in [4.78, 5) is 44.0. The minimum Gasteiger partial charge on any atom is -0.469 e. The van der Waals surface area contributed by atoms with Gasteiger partial charge >= 0.3 is 11.9 Å². The number of carbonyl (C=O) groups excluding carboxylic acids is 3. The van der Waals surface area contributed by atoms with Gasteiger partial charge in [0.05, 0.1) is 33.3 Å². The predicted octanol–water partition coefficient (Wildman–Crippen LogP) is 5.86. The quantitative estimate of drug-likeness (QED) is 0.232. The Morgan fingerprint density at radius 1 is 0.886 bits per heavy atom. The Bertz CT molecular complexity index is 1150. The van der Waals surface area contributed by atoms with Crippen molar-refractivity contribution in [3.8, 4) is 0 Å². The van der Waals surface area contributed by atoms with Crippen LogP contribution in [0.15, 0.2) is 47.1 Å². The van der Waals surface area contributed by atoms with Gasteiger partial charge in [-0.3, -0.25) is 14.4 Å². The fraction of sp³-hybridized carbons (Fsp3) is 0.629. The second-order valence-corrected chi connectivity index (χ2v) is 12.6. The summed E-state index contributed by atoms with van der Waals surface area (Å²) < 4.78 is 15.2. The van der Waals surface area contributed by atoms with Gasteiger partial charge in [-0.1, -0.05) is 37.0 Å². The first-order valence-electron chi connectivity index (χ1n) is 16.3. The maximum absolute atomic E-state index is 13.5. The second-order valence-electron chi connectivity index (χ2n) is 12.6. The number of nitrogens with zero attached hydrogens (tertiary/aromatic N) is 3. The number of furan rings is 1. The average molecular weight is 610 g/mol. The molecule has 0 N–H and O–H groups in total. The normalized spacial score (nSPS) is 17.4. The molecule has 4 rings (SSSR count). The highest BCUT2D eigenvalue weighted by molar-refractivity contribution is 6.04. The number of rotatable bonds is 15. The third kappa shape index (κ3) is 9.66. The van der Waals surface area contributed by atoms with Crippen LogP contribution in [0.2, 0.25) is 0 Å². The van der Waals surface area contributed by atoms with Crippen molar-refractivity contribution >= 4 is 23.5 Å². The van der Waals surface area contributed by atoms with E-state index < -0.39 is 0 Å². The van der Waals surface area contributed by atoms with Crippen molar-refractivity contribution in [2.75, 3.05) is 58.4 Å². The Morgan fingerprint density at radius 2 is 1.52 bits per heavy atom. The Labute approximate surface area is 262 Å². The molecule has 242 valence electrons. The molecule has 0 atom stereocenters. The van der Waals surface area contributed by atoms with Crippen molar-refractivity contribution in [3.63, 3.8) is 0 Å². The van der Waals surface area contributed by atoms with Gasteiger partial charge in [0.2, 0.25) is 0 Å². The van der Waals surface area contributed by atoms with Crippen molar-refractivity contribution in [1.82, 2.24) is 9.80 Å². The maximum atomic E-state index is 13.5. The van der Waals surface area contributed by atoms with Crippen molar-refractivity contribution < 1.29 is 28.3 Å². The number of amides is 1. The number of aryl methyl sites for hydroxylation is 1. The fourth-order valence-electron chi connectivity index (χ4n) is 6.88. The molecule has 9 heteroatoms. The van der Waals surface area contributed by atoms with E-state index in [4.69, 9.17) is 13.9 Å². The van der Waals surface area contributed by atoms with Crippen LogP contribution in [0.25, 0.3) is 0 Å². The number of carbonyl (C=O) groups is 3. The minimum atomic E-state index is -0.226. The highest BCUT2D eigenvalue weighted by Gasteiger charge is 2.35. The molecular weight excluding hydrogens is 558 g/mol. The largest absolute Gasteiger partial charge is 0.469 e. The third-order valence-electron chi connectivity index (χ3n) is 9.74. The Balaban J connectivity index is 1.35. The predicted molar refractivity (Wildman–Crippen MR) is 171 cm³/mol. The molecular formula is C35H51N3O6. The van der Waals surface area contributed by atoms with E-state index in [0.717, 1.165) is 57.5 Å². The number of hydrogen-bond acceptors (Lipinski definition) is 8. The Kier molecular flexibility index (Phi) is 12.9. The molecule has 1 saturated heterocycles. The molecule has 9 nitrogen and oxygen atoms in total. The summed E-state index contributed by atoms with van der Waals surface area (Å²) in [5.74, 6) is -0.159. The summed E-state index contributed by atoms with van der Waals surface area (Å²) >= 11 is 0. The summed E-state index contributed by atoms with van der Waals surface area (Å²) in [6.07, 6.45) is 12.5. The van der Waals surface area contributed by atoms with Gasteiger partial charge in [0.15, 0.2) is 5.76 Å². The maximum Gasteiger partial charge on any atom is 0.306 e. The second kappa shape index (κ2) is 16.8. The molecule has 1 aromatic heterocycles. The van der Waals surface area contributed by atoms with E-state index in [1.807, 2.05) is 17.0 Å². The zero-order valence-corrected chi connectivity index (χ0v) is 26.9. The zero-order chi connectivity index (χ0) is 31.4.